The van der Waals surface area contributed by atoms with E-state index in [0.717, 1.165) is 32.8 Å². The maximum absolute atomic E-state index is 5.73. The number of nitrogens with zero attached hydrogens (tertiary/aromatic N) is 1. The highest BCUT2D eigenvalue weighted by molar-refractivity contribution is 4.91. The molecular weight excluding hydrogens is 236 g/mol. The summed E-state index contributed by atoms with van der Waals surface area (Å²) in [6.07, 6.45) is 3.62. The second-order valence-electron chi connectivity index (χ2n) is 6.85. The van der Waals surface area contributed by atoms with Gasteiger partial charge in [0.05, 0.1) is 6.61 Å². The molecule has 1 aliphatic rings. The molecule has 2 unspecified atom stereocenters. The number of nitrogens with one attached hydrogen (secondary N) is 1. The number of hydrogen-bond donors (Lipinski definition) is 1. The van der Waals surface area contributed by atoms with E-state index in [2.05, 4.69) is 44.8 Å². The van der Waals surface area contributed by atoms with Gasteiger partial charge < -0.3 is 10.1 Å². The standard InChI is InChI=1S/C16H34N2O/c1-6-8-10-19-11-9-18-13-15(16(3,4)5)17-12-14(18)7-2/h14-15,17H,6-13H2,1-5H3. The van der Waals surface area contributed by atoms with E-state index < -0.39 is 0 Å². The summed E-state index contributed by atoms with van der Waals surface area (Å²) in [6, 6.07) is 1.26. The van der Waals surface area contributed by atoms with E-state index in [1.807, 2.05) is 0 Å². The predicted molar refractivity (Wildman–Crippen MR) is 82.6 cm³/mol. The fraction of sp³-hybridized carbons (Fsp3) is 1.00. The number of hydrogen-bond acceptors (Lipinski definition) is 3. The third kappa shape index (κ3) is 5.80. The summed E-state index contributed by atoms with van der Waals surface area (Å²) in [4.78, 5) is 2.62. The average Bonchev–Trinajstić information content (AvgIpc) is 2.37. The van der Waals surface area contributed by atoms with E-state index in [9.17, 15) is 0 Å². The number of rotatable bonds is 7. The van der Waals surface area contributed by atoms with Crippen LogP contribution in [0.3, 0.4) is 0 Å². The highest BCUT2D eigenvalue weighted by atomic mass is 16.5. The summed E-state index contributed by atoms with van der Waals surface area (Å²) in [6.45, 7) is 16.6. The average molecular weight is 270 g/mol. The molecule has 0 amide bonds. The maximum atomic E-state index is 5.73. The minimum absolute atomic E-state index is 0.333. The van der Waals surface area contributed by atoms with Crippen molar-refractivity contribution >= 4 is 0 Å². The van der Waals surface area contributed by atoms with Crippen molar-refractivity contribution in [3.63, 3.8) is 0 Å². The highest BCUT2D eigenvalue weighted by Crippen LogP contribution is 2.24. The van der Waals surface area contributed by atoms with Crippen LogP contribution in [0.25, 0.3) is 0 Å². The summed E-state index contributed by atoms with van der Waals surface area (Å²) in [5, 5.41) is 3.72. The summed E-state index contributed by atoms with van der Waals surface area (Å²) in [5.74, 6) is 0. The molecule has 2 atom stereocenters. The monoisotopic (exact) mass is 270 g/mol. The molecule has 3 heteroatoms. The van der Waals surface area contributed by atoms with E-state index in [1.165, 1.54) is 19.3 Å². The van der Waals surface area contributed by atoms with Gasteiger partial charge in [-0.3, -0.25) is 4.90 Å². The zero-order chi connectivity index (χ0) is 14.3. The van der Waals surface area contributed by atoms with Crippen molar-refractivity contribution in [3.8, 4) is 0 Å². The molecule has 1 rings (SSSR count). The Morgan fingerprint density at radius 1 is 1.21 bits per heavy atom. The van der Waals surface area contributed by atoms with Crippen molar-refractivity contribution in [2.24, 2.45) is 5.41 Å². The highest BCUT2D eigenvalue weighted by Gasteiger charge is 2.32. The summed E-state index contributed by atoms with van der Waals surface area (Å²) in [7, 11) is 0. The Kier molecular flexibility index (Phi) is 7.33. The first-order valence-corrected chi connectivity index (χ1v) is 8.04. The van der Waals surface area contributed by atoms with Crippen molar-refractivity contribution < 1.29 is 4.74 Å². The zero-order valence-corrected chi connectivity index (χ0v) is 13.7. The third-order valence-electron chi connectivity index (χ3n) is 4.22. The second-order valence-corrected chi connectivity index (χ2v) is 6.85. The number of piperazine rings is 1. The molecule has 19 heavy (non-hydrogen) atoms. The van der Waals surface area contributed by atoms with Crippen molar-refractivity contribution in [1.29, 1.82) is 0 Å². The molecule has 3 nitrogen and oxygen atoms in total. The molecule has 0 aromatic heterocycles. The molecule has 114 valence electrons. The molecule has 0 aromatic carbocycles. The van der Waals surface area contributed by atoms with Crippen LogP contribution >= 0.6 is 0 Å². The van der Waals surface area contributed by atoms with Crippen LogP contribution < -0.4 is 5.32 Å². The van der Waals surface area contributed by atoms with Gasteiger partial charge in [0.2, 0.25) is 0 Å². The van der Waals surface area contributed by atoms with Gasteiger partial charge in [0.1, 0.15) is 0 Å². The van der Waals surface area contributed by atoms with E-state index in [1.54, 1.807) is 0 Å². The first-order valence-electron chi connectivity index (χ1n) is 8.04. The Bertz CT molecular complexity index is 237. The predicted octanol–water partition coefficient (Wildman–Crippen LogP) is 2.90. The summed E-state index contributed by atoms with van der Waals surface area (Å²) < 4.78 is 5.73. The summed E-state index contributed by atoms with van der Waals surface area (Å²) in [5.41, 5.74) is 0.333. The minimum atomic E-state index is 0.333. The van der Waals surface area contributed by atoms with E-state index in [-0.39, 0.29) is 0 Å². The van der Waals surface area contributed by atoms with Crippen LogP contribution in [-0.2, 0) is 4.74 Å². The second kappa shape index (κ2) is 8.23. The molecule has 0 aromatic rings. The maximum Gasteiger partial charge on any atom is 0.0593 e. The molecule has 0 saturated carbocycles. The van der Waals surface area contributed by atoms with Crippen LogP contribution in [0.4, 0.5) is 0 Å². The van der Waals surface area contributed by atoms with Crippen LogP contribution in [-0.4, -0.2) is 49.8 Å². The number of unbranched alkanes of at least 4 members (excludes halogenated alkanes) is 1. The molecule has 1 aliphatic heterocycles. The molecule has 0 radical (unpaired) electrons. The van der Waals surface area contributed by atoms with Gasteiger partial charge in [-0.25, -0.2) is 0 Å². The lowest BCUT2D eigenvalue weighted by Gasteiger charge is -2.45. The lowest BCUT2D eigenvalue weighted by molar-refractivity contribution is 0.0445. The number of ether oxygens (including phenoxy) is 1. The molecule has 0 spiro atoms. The fourth-order valence-corrected chi connectivity index (χ4v) is 2.64. The van der Waals surface area contributed by atoms with Crippen molar-refractivity contribution in [3.05, 3.63) is 0 Å². The topological polar surface area (TPSA) is 24.5 Å². The van der Waals surface area contributed by atoms with Crippen molar-refractivity contribution in [2.45, 2.75) is 66.0 Å². The fourth-order valence-electron chi connectivity index (χ4n) is 2.64. The molecular formula is C16H34N2O. The smallest absolute Gasteiger partial charge is 0.0593 e. The zero-order valence-electron chi connectivity index (χ0n) is 13.7. The Labute approximate surface area is 120 Å². The first-order chi connectivity index (χ1) is 8.99. The molecule has 1 N–H and O–H groups in total. The van der Waals surface area contributed by atoms with Gasteiger partial charge in [-0.15, -0.1) is 0 Å². The van der Waals surface area contributed by atoms with Gasteiger partial charge >= 0.3 is 0 Å². The van der Waals surface area contributed by atoms with Gasteiger partial charge in [0, 0.05) is 38.3 Å². The van der Waals surface area contributed by atoms with Gasteiger partial charge in [-0.2, -0.15) is 0 Å². The molecule has 0 bridgehead atoms. The van der Waals surface area contributed by atoms with Crippen LogP contribution in [0.1, 0.15) is 53.9 Å². The van der Waals surface area contributed by atoms with Crippen LogP contribution in [0.15, 0.2) is 0 Å². The Balaban J connectivity index is 2.37. The van der Waals surface area contributed by atoms with Crippen LogP contribution in [0, 0.1) is 5.41 Å². The minimum Gasteiger partial charge on any atom is -0.380 e. The Morgan fingerprint density at radius 2 is 1.95 bits per heavy atom. The van der Waals surface area contributed by atoms with Crippen molar-refractivity contribution in [1.82, 2.24) is 10.2 Å². The lowest BCUT2D eigenvalue weighted by Crippen LogP contribution is -2.60. The van der Waals surface area contributed by atoms with Crippen LogP contribution in [0.2, 0.25) is 0 Å². The third-order valence-corrected chi connectivity index (χ3v) is 4.22. The largest absolute Gasteiger partial charge is 0.380 e. The Hall–Kier alpha value is -0.120. The van der Waals surface area contributed by atoms with E-state index in [4.69, 9.17) is 4.74 Å². The normalized spacial score (nSPS) is 25.7. The first kappa shape index (κ1) is 16.9. The molecule has 1 fully saturated rings. The molecule has 1 saturated heterocycles. The quantitative estimate of drug-likeness (QED) is 0.720. The van der Waals surface area contributed by atoms with Gasteiger partial charge in [-0.05, 0) is 18.3 Å². The molecule has 0 aliphatic carbocycles. The van der Waals surface area contributed by atoms with Crippen LogP contribution in [0.5, 0.6) is 0 Å². The van der Waals surface area contributed by atoms with Gasteiger partial charge in [0.15, 0.2) is 0 Å². The van der Waals surface area contributed by atoms with Gasteiger partial charge in [-0.1, -0.05) is 41.0 Å². The van der Waals surface area contributed by atoms with Crippen molar-refractivity contribution in [2.75, 3.05) is 32.8 Å². The Morgan fingerprint density at radius 3 is 2.53 bits per heavy atom. The van der Waals surface area contributed by atoms with Gasteiger partial charge in [0.25, 0.3) is 0 Å². The lowest BCUT2D eigenvalue weighted by atomic mass is 9.84. The van der Waals surface area contributed by atoms with E-state index >= 15 is 0 Å². The SMILES string of the molecule is CCCCOCCN1CC(C(C)(C)C)NCC1CC. The molecule has 1 heterocycles. The van der Waals surface area contributed by atoms with E-state index in [0.29, 0.717) is 17.5 Å². The summed E-state index contributed by atoms with van der Waals surface area (Å²) >= 11 is 0.